The quantitative estimate of drug-likeness (QED) is 0.614. The highest BCUT2D eigenvalue weighted by Gasteiger charge is 2.23. The number of para-hydroxylation sites is 1. The second-order valence-electron chi connectivity index (χ2n) is 5.77. The van der Waals surface area contributed by atoms with Gasteiger partial charge in [0.2, 0.25) is 0 Å². The van der Waals surface area contributed by atoms with E-state index >= 15 is 0 Å². The molecule has 2 aliphatic rings. The first kappa shape index (κ1) is 14.5. The molecule has 0 aliphatic carbocycles. The van der Waals surface area contributed by atoms with E-state index in [9.17, 15) is 4.79 Å². The Kier molecular flexibility index (Phi) is 3.50. The summed E-state index contributed by atoms with van der Waals surface area (Å²) in [6.07, 6.45) is 2.21. The van der Waals surface area contributed by atoms with E-state index < -0.39 is 5.97 Å². The van der Waals surface area contributed by atoms with E-state index in [1.807, 2.05) is 42.5 Å². The number of carboxylic acids is 1. The molecule has 118 valence electrons. The third-order valence-corrected chi connectivity index (χ3v) is 4.12. The van der Waals surface area contributed by atoms with Gasteiger partial charge in [0.25, 0.3) is 0 Å². The molecule has 0 aromatic heterocycles. The maximum atomic E-state index is 11.1. The van der Waals surface area contributed by atoms with E-state index in [0.717, 1.165) is 22.0 Å². The summed E-state index contributed by atoms with van der Waals surface area (Å²) in [5.41, 5.74) is 4.67. The molecule has 0 saturated heterocycles. The lowest BCUT2D eigenvalue weighted by Crippen LogP contribution is -2.04. The van der Waals surface area contributed by atoms with Crippen LogP contribution in [0, 0.1) is 0 Å². The fourth-order valence-electron chi connectivity index (χ4n) is 3.08. The molecule has 0 fully saturated rings. The van der Waals surface area contributed by atoms with E-state index in [1.165, 1.54) is 5.56 Å². The summed E-state index contributed by atoms with van der Waals surface area (Å²) < 4.78 is 5.64. The number of rotatable bonds is 4. The second-order valence-corrected chi connectivity index (χ2v) is 5.77. The molecule has 2 aromatic carbocycles. The molecule has 1 N–H and O–H groups in total. The van der Waals surface area contributed by atoms with Crippen LogP contribution >= 0.6 is 0 Å². The smallest absolute Gasteiger partial charge is 0.311 e. The van der Waals surface area contributed by atoms with Crippen molar-refractivity contribution in [3.05, 3.63) is 77.7 Å². The fraction of sp³-hybridized carbons (Fsp3) is 0.100. The Balaban J connectivity index is 1.92. The first-order valence-electron chi connectivity index (χ1n) is 7.76. The number of nitrogens with zero attached hydrogens (tertiary/aromatic N) is 1. The van der Waals surface area contributed by atoms with Crippen LogP contribution in [0.25, 0.3) is 22.2 Å². The molecule has 0 radical (unpaired) electrons. The number of fused-ring (bicyclic) bond motifs is 3. The number of hydrogen-bond acceptors (Lipinski definition) is 3. The molecule has 4 heteroatoms. The zero-order chi connectivity index (χ0) is 16.5. The fourth-order valence-corrected chi connectivity index (χ4v) is 3.08. The van der Waals surface area contributed by atoms with Crippen molar-refractivity contribution in [1.82, 2.24) is 4.98 Å². The van der Waals surface area contributed by atoms with Gasteiger partial charge in [-0.25, -0.2) is 4.98 Å². The van der Waals surface area contributed by atoms with Crippen LogP contribution in [0.15, 0.2) is 65.3 Å². The minimum Gasteiger partial charge on any atom is -0.481 e. The van der Waals surface area contributed by atoms with Crippen molar-refractivity contribution in [2.75, 3.05) is 0 Å². The van der Waals surface area contributed by atoms with Crippen molar-refractivity contribution in [3.8, 4) is 11.3 Å². The van der Waals surface area contributed by atoms with Gasteiger partial charge < -0.3 is 9.52 Å². The van der Waals surface area contributed by atoms with Crippen LogP contribution in [0.2, 0.25) is 0 Å². The normalized spacial score (nSPS) is 11.2. The van der Waals surface area contributed by atoms with Crippen molar-refractivity contribution >= 4 is 16.9 Å². The van der Waals surface area contributed by atoms with Crippen molar-refractivity contribution in [3.63, 3.8) is 0 Å². The minimum absolute atomic E-state index is 0.175. The van der Waals surface area contributed by atoms with Gasteiger partial charge in [-0.1, -0.05) is 48.5 Å². The number of aliphatic carboxylic acids is 1. The average molecular weight is 317 g/mol. The monoisotopic (exact) mass is 317 g/mol. The number of carboxylic acid groups (broad SMARTS) is 1. The number of aromatic nitrogens is 1. The number of hydrogen-bond donors (Lipinski definition) is 1. The molecule has 0 spiro atoms. The largest absolute Gasteiger partial charge is 0.481 e. The topological polar surface area (TPSA) is 63.3 Å². The Morgan fingerprint density at radius 2 is 1.79 bits per heavy atom. The Morgan fingerprint density at radius 1 is 1.04 bits per heavy atom. The molecule has 24 heavy (non-hydrogen) atoms. The molecule has 4 rings (SSSR count). The van der Waals surface area contributed by atoms with E-state index in [-0.39, 0.29) is 6.42 Å². The summed E-state index contributed by atoms with van der Waals surface area (Å²) in [6, 6.07) is 18.0. The predicted octanol–water partition coefficient (Wildman–Crippen LogP) is 4.15. The number of benzene rings is 2. The molecule has 2 aromatic rings. The van der Waals surface area contributed by atoms with Gasteiger partial charge in [-0.2, -0.15) is 0 Å². The molecule has 0 unspecified atom stereocenters. The van der Waals surface area contributed by atoms with Gasteiger partial charge in [-0.3, -0.25) is 4.79 Å². The predicted molar refractivity (Wildman–Crippen MR) is 91.2 cm³/mol. The van der Waals surface area contributed by atoms with Gasteiger partial charge in [-0.05, 0) is 11.6 Å². The Bertz CT molecular complexity index is 988. The Hall–Kier alpha value is -3.14. The van der Waals surface area contributed by atoms with E-state index in [1.54, 1.807) is 6.26 Å². The second kappa shape index (κ2) is 5.81. The van der Waals surface area contributed by atoms with Gasteiger partial charge in [0, 0.05) is 22.9 Å². The molecule has 2 heterocycles. The summed E-state index contributed by atoms with van der Waals surface area (Å²) >= 11 is 0. The zero-order valence-electron chi connectivity index (χ0n) is 12.9. The molecular formula is C20H15NO3. The highest BCUT2D eigenvalue weighted by atomic mass is 16.4. The summed E-state index contributed by atoms with van der Waals surface area (Å²) in [5, 5.41) is 10.1. The molecule has 0 amide bonds. The summed E-state index contributed by atoms with van der Waals surface area (Å²) in [4.78, 5) is 15.7. The van der Waals surface area contributed by atoms with Gasteiger partial charge >= 0.3 is 5.97 Å². The highest BCUT2D eigenvalue weighted by Crippen LogP contribution is 2.37. The van der Waals surface area contributed by atoms with Crippen LogP contribution in [-0.4, -0.2) is 16.1 Å². The number of carbonyl (C=O) groups is 1. The van der Waals surface area contributed by atoms with Crippen LogP contribution in [-0.2, 0) is 17.6 Å². The van der Waals surface area contributed by atoms with Crippen molar-refractivity contribution in [2.24, 2.45) is 0 Å². The van der Waals surface area contributed by atoms with Crippen LogP contribution < -0.4 is 0 Å². The SMILES string of the molecule is O=C(O)Cc1occ(Cc2ccccc2)c2c3ccccc3nc1-2. The van der Waals surface area contributed by atoms with E-state index in [4.69, 9.17) is 9.52 Å². The third-order valence-electron chi connectivity index (χ3n) is 4.12. The lowest BCUT2D eigenvalue weighted by atomic mass is 9.97. The zero-order valence-corrected chi connectivity index (χ0v) is 12.9. The highest BCUT2D eigenvalue weighted by molar-refractivity contribution is 5.99. The Labute approximate surface area is 138 Å². The van der Waals surface area contributed by atoms with Crippen LogP contribution in [0.3, 0.4) is 0 Å². The van der Waals surface area contributed by atoms with Crippen molar-refractivity contribution < 1.29 is 14.3 Å². The van der Waals surface area contributed by atoms with Crippen LogP contribution in [0.4, 0.5) is 0 Å². The third kappa shape index (κ3) is 2.52. The van der Waals surface area contributed by atoms with Crippen molar-refractivity contribution in [1.29, 1.82) is 0 Å². The van der Waals surface area contributed by atoms with Crippen LogP contribution in [0.1, 0.15) is 16.9 Å². The van der Waals surface area contributed by atoms with Crippen molar-refractivity contribution in [2.45, 2.75) is 12.8 Å². The Morgan fingerprint density at radius 3 is 2.58 bits per heavy atom. The molecule has 0 bridgehead atoms. The summed E-state index contributed by atoms with van der Waals surface area (Å²) in [5.74, 6) is -0.534. The molecule has 4 nitrogen and oxygen atoms in total. The van der Waals surface area contributed by atoms with Gasteiger partial charge in [-0.15, -0.1) is 0 Å². The average Bonchev–Trinajstić information content (AvgIpc) is 2.98. The maximum Gasteiger partial charge on any atom is 0.311 e. The lowest BCUT2D eigenvalue weighted by Gasteiger charge is -2.11. The summed E-state index contributed by atoms with van der Waals surface area (Å²) in [6.45, 7) is 0. The van der Waals surface area contributed by atoms with Crippen LogP contribution in [0.5, 0.6) is 0 Å². The maximum absolute atomic E-state index is 11.1. The molecule has 0 saturated carbocycles. The molecule has 2 aliphatic heterocycles. The minimum atomic E-state index is -0.928. The lowest BCUT2D eigenvalue weighted by molar-refractivity contribution is -0.136. The van der Waals surface area contributed by atoms with Gasteiger partial charge in [0.05, 0.1) is 11.8 Å². The standard InChI is InChI=1S/C20H15NO3/c22-18(23)11-17-20-19(15-8-4-5-9-16(15)21-20)14(12-24-17)10-13-6-2-1-3-7-13/h1-9,12H,10-11H2,(H,22,23). The summed E-state index contributed by atoms with van der Waals surface area (Å²) in [7, 11) is 0. The molecule has 0 atom stereocenters. The van der Waals surface area contributed by atoms with Gasteiger partial charge in [0.1, 0.15) is 17.9 Å². The van der Waals surface area contributed by atoms with E-state index in [2.05, 4.69) is 17.1 Å². The van der Waals surface area contributed by atoms with E-state index in [0.29, 0.717) is 17.9 Å². The molecular weight excluding hydrogens is 302 g/mol. The van der Waals surface area contributed by atoms with Gasteiger partial charge in [0.15, 0.2) is 0 Å². The first-order chi connectivity index (χ1) is 11.7. The first-order valence-corrected chi connectivity index (χ1v) is 7.76.